The normalized spacial score (nSPS) is 17.1. The number of aliphatic imine (C=N–C) groups is 1. The number of hydrogen-bond donors (Lipinski definition) is 2. The smallest absolute Gasteiger partial charge is 0.250 e. The van der Waals surface area contributed by atoms with Crippen LogP contribution >= 0.6 is 11.8 Å². The van der Waals surface area contributed by atoms with Gasteiger partial charge in [0.15, 0.2) is 5.96 Å². The highest BCUT2D eigenvalue weighted by atomic mass is 32.2. The summed E-state index contributed by atoms with van der Waals surface area (Å²) < 4.78 is 1.71. The number of hydrogen-bond acceptors (Lipinski definition) is 3. The number of benzene rings is 1. The maximum absolute atomic E-state index is 11.8. The fourth-order valence-electron chi connectivity index (χ4n) is 3.07. The van der Waals surface area contributed by atoms with Crippen LogP contribution in [0.25, 0.3) is 0 Å². The molecule has 0 amide bonds. The fourth-order valence-corrected chi connectivity index (χ4v) is 4.27. The summed E-state index contributed by atoms with van der Waals surface area (Å²) in [6.45, 7) is 5.14. The molecular formula is C21H28N4OS. The number of pyridine rings is 1. The predicted molar refractivity (Wildman–Crippen MR) is 115 cm³/mol. The molecule has 0 aliphatic carbocycles. The maximum atomic E-state index is 11.8. The molecule has 1 aromatic carbocycles. The fraction of sp³-hybridized carbons (Fsp3) is 0.429. The highest BCUT2D eigenvalue weighted by molar-refractivity contribution is 8.00. The summed E-state index contributed by atoms with van der Waals surface area (Å²) >= 11 is 2.05. The monoisotopic (exact) mass is 384 g/mol. The molecule has 0 radical (unpaired) electrons. The standard InChI is InChI=1S/C21H28N4OS/c1-2-22-21(24-15-19-6-5-13-27-19)23-14-17-8-10-18(11-9-17)16-25-12-4-3-7-20(25)26/h3-4,7-12,19H,2,5-6,13-16H2,1H3,(H2,22,23,24). The van der Waals surface area contributed by atoms with Crippen LogP contribution in [-0.4, -0.2) is 34.6 Å². The van der Waals surface area contributed by atoms with Gasteiger partial charge in [0.1, 0.15) is 0 Å². The topological polar surface area (TPSA) is 58.4 Å². The third-order valence-corrected chi connectivity index (χ3v) is 5.96. The molecule has 2 aromatic rings. The summed E-state index contributed by atoms with van der Waals surface area (Å²) in [5.41, 5.74) is 2.29. The van der Waals surface area contributed by atoms with Crippen molar-refractivity contribution < 1.29 is 0 Å². The lowest BCUT2D eigenvalue weighted by atomic mass is 10.1. The van der Waals surface area contributed by atoms with Crippen LogP contribution in [0.15, 0.2) is 58.4 Å². The lowest BCUT2D eigenvalue weighted by Gasteiger charge is -2.14. The Morgan fingerprint density at radius 2 is 2.00 bits per heavy atom. The van der Waals surface area contributed by atoms with E-state index < -0.39 is 0 Å². The van der Waals surface area contributed by atoms with Gasteiger partial charge in [0.05, 0.1) is 13.1 Å². The molecule has 1 aliphatic rings. The van der Waals surface area contributed by atoms with E-state index >= 15 is 0 Å². The molecule has 5 nitrogen and oxygen atoms in total. The van der Waals surface area contributed by atoms with Gasteiger partial charge in [0, 0.05) is 30.6 Å². The number of aromatic nitrogens is 1. The Bertz CT molecular complexity index is 794. The molecule has 144 valence electrons. The van der Waals surface area contributed by atoms with Crippen molar-refractivity contribution >= 4 is 17.7 Å². The van der Waals surface area contributed by atoms with E-state index in [1.54, 1.807) is 16.7 Å². The van der Waals surface area contributed by atoms with Gasteiger partial charge in [-0.15, -0.1) is 0 Å². The number of guanidine groups is 1. The molecule has 2 heterocycles. The molecule has 0 bridgehead atoms. The first-order valence-electron chi connectivity index (χ1n) is 9.61. The van der Waals surface area contributed by atoms with Crippen LogP contribution in [0.3, 0.4) is 0 Å². The summed E-state index contributed by atoms with van der Waals surface area (Å²) in [6, 6.07) is 13.5. The maximum Gasteiger partial charge on any atom is 0.250 e. The van der Waals surface area contributed by atoms with Crippen LogP contribution in [0.2, 0.25) is 0 Å². The first-order chi connectivity index (χ1) is 13.2. The summed E-state index contributed by atoms with van der Waals surface area (Å²) in [5, 5.41) is 7.49. The minimum atomic E-state index is 0.0213. The van der Waals surface area contributed by atoms with Gasteiger partial charge in [-0.2, -0.15) is 11.8 Å². The second-order valence-electron chi connectivity index (χ2n) is 6.69. The van der Waals surface area contributed by atoms with Crippen molar-refractivity contribution in [1.82, 2.24) is 15.2 Å². The van der Waals surface area contributed by atoms with Gasteiger partial charge in [0.25, 0.3) is 5.56 Å². The van der Waals surface area contributed by atoms with E-state index in [9.17, 15) is 4.79 Å². The molecule has 3 rings (SSSR count). The molecule has 1 unspecified atom stereocenters. The highest BCUT2D eigenvalue weighted by Gasteiger charge is 2.15. The van der Waals surface area contributed by atoms with Crippen molar-refractivity contribution in [1.29, 1.82) is 0 Å². The van der Waals surface area contributed by atoms with Crippen LogP contribution in [0, 0.1) is 0 Å². The van der Waals surface area contributed by atoms with E-state index in [4.69, 9.17) is 4.99 Å². The van der Waals surface area contributed by atoms with E-state index in [0.717, 1.165) is 30.2 Å². The Balaban J connectivity index is 1.56. The second kappa shape index (κ2) is 10.2. The van der Waals surface area contributed by atoms with Gasteiger partial charge in [0.2, 0.25) is 0 Å². The molecule has 1 atom stereocenters. The average Bonchev–Trinajstić information content (AvgIpc) is 3.21. The van der Waals surface area contributed by atoms with E-state index in [2.05, 4.69) is 53.6 Å². The van der Waals surface area contributed by atoms with Crippen molar-refractivity contribution in [3.8, 4) is 0 Å². The summed E-state index contributed by atoms with van der Waals surface area (Å²) in [6.07, 6.45) is 4.44. The lowest BCUT2D eigenvalue weighted by Crippen LogP contribution is -2.40. The highest BCUT2D eigenvalue weighted by Crippen LogP contribution is 2.25. The minimum absolute atomic E-state index is 0.0213. The third-order valence-electron chi connectivity index (χ3n) is 4.56. The zero-order chi connectivity index (χ0) is 18.9. The van der Waals surface area contributed by atoms with Crippen LogP contribution in [0.1, 0.15) is 30.9 Å². The summed E-state index contributed by atoms with van der Waals surface area (Å²) in [5.74, 6) is 2.16. The Morgan fingerprint density at radius 3 is 2.70 bits per heavy atom. The van der Waals surface area contributed by atoms with Gasteiger partial charge in [-0.3, -0.25) is 4.79 Å². The molecule has 1 aromatic heterocycles. The van der Waals surface area contributed by atoms with Gasteiger partial charge >= 0.3 is 0 Å². The SMILES string of the molecule is CCNC(=NCc1ccc(Cn2ccccc2=O)cc1)NCC1CCCS1. The van der Waals surface area contributed by atoms with Crippen molar-refractivity contribution in [2.24, 2.45) is 4.99 Å². The molecule has 1 saturated heterocycles. The van der Waals surface area contributed by atoms with Crippen molar-refractivity contribution in [2.75, 3.05) is 18.8 Å². The van der Waals surface area contributed by atoms with E-state index in [-0.39, 0.29) is 5.56 Å². The Kier molecular flexibility index (Phi) is 7.39. The van der Waals surface area contributed by atoms with Crippen LogP contribution < -0.4 is 16.2 Å². The van der Waals surface area contributed by atoms with Crippen molar-refractivity contribution in [2.45, 2.75) is 38.1 Å². The van der Waals surface area contributed by atoms with Gasteiger partial charge in [-0.1, -0.05) is 30.3 Å². The molecule has 0 spiro atoms. The first-order valence-corrected chi connectivity index (χ1v) is 10.7. The largest absolute Gasteiger partial charge is 0.357 e. The van der Waals surface area contributed by atoms with Gasteiger partial charge in [-0.05, 0) is 42.7 Å². The van der Waals surface area contributed by atoms with Crippen LogP contribution in [0.4, 0.5) is 0 Å². The minimum Gasteiger partial charge on any atom is -0.357 e. The first kappa shape index (κ1) is 19.5. The molecule has 27 heavy (non-hydrogen) atoms. The number of thioether (sulfide) groups is 1. The molecular weight excluding hydrogens is 356 g/mol. The van der Waals surface area contributed by atoms with E-state index in [0.29, 0.717) is 18.3 Å². The quantitative estimate of drug-likeness (QED) is 0.569. The van der Waals surface area contributed by atoms with Crippen molar-refractivity contribution in [3.63, 3.8) is 0 Å². The molecule has 6 heteroatoms. The average molecular weight is 385 g/mol. The molecule has 1 aliphatic heterocycles. The van der Waals surface area contributed by atoms with Crippen LogP contribution in [0.5, 0.6) is 0 Å². The van der Waals surface area contributed by atoms with E-state index in [1.165, 1.54) is 18.6 Å². The lowest BCUT2D eigenvalue weighted by molar-refractivity contribution is 0.727. The van der Waals surface area contributed by atoms with Crippen molar-refractivity contribution in [3.05, 3.63) is 70.1 Å². The van der Waals surface area contributed by atoms with Gasteiger partial charge < -0.3 is 15.2 Å². The summed E-state index contributed by atoms with van der Waals surface area (Å²) in [4.78, 5) is 16.5. The summed E-state index contributed by atoms with van der Waals surface area (Å²) in [7, 11) is 0. The number of nitrogens with zero attached hydrogens (tertiary/aromatic N) is 2. The van der Waals surface area contributed by atoms with Gasteiger partial charge in [-0.25, -0.2) is 4.99 Å². The third kappa shape index (κ3) is 6.17. The number of nitrogens with one attached hydrogen (secondary N) is 2. The molecule has 1 fully saturated rings. The Hall–Kier alpha value is -2.21. The number of rotatable bonds is 7. The molecule has 2 N–H and O–H groups in total. The zero-order valence-corrected chi connectivity index (χ0v) is 16.7. The predicted octanol–water partition coefficient (Wildman–Crippen LogP) is 2.85. The Morgan fingerprint density at radius 1 is 1.19 bits per heavy atom. The van der Waals surface area contributed by atoms with Crippen LogP contribution in [-0.2, 0) is 13.1 Å². The Labute approximate surface area is 165 Å². The van der Waals surface area contributed by atoms with E-state index in [1.807, 2.05) is 12.3 Å². The zero-order valence-electron chi connectivity index (χ0n) is 15.9. The second-order valence-corrected chi connectivity index (χ2v) is 8.10. The molecule has 0 saturated carbocycles.